The van der Waals surface area contributed by atoms with Crippen LogP contribution in [0.2, 0.25) is 5.02 Å². The second-order valence-corrected chi connectivity index (χ2v) is 7.26. The van der Waals surface area contributed by atoms with E-state index in [0.717, 1.165) is 0 Å². The molecule has 0 radical (unpaired) electrons. The minimum atomic E-state index is -0.789. The van der Waals surface area contributed by atoms with Crippen LogP contribution in [0.4, 0.5) is 5.69 Å². The van der Waals surface area contributed by atoms with Crippen LogP contribution < -0.4 is 19.7 Å². The van der Waals surface area contributed by atoms with Crippen LogP contribution in [-0.4, -0.2) is 37.6 Å². The highest BCUT2D eigenvalue weighted by Crippen LogP contribution is 2.34. The van der Waals surface area contributed by atoms with E-state index < -0.39 is 12.2 Å². The average Bonchev–Trinajstić information content (AvgIpc) is 2.67. The minimum Gasteiger partial charge on any atom is -0.480 e. The van der Waals surface area contributed by atoms with Gasteiger partial charge in [0.1, 0.15) is 11.5 Å². The van der Waals surface area contributed by atoms with Crippen molar-refractivity contribution in [3.05, 3.63) is 52.0 Å². The van der Waals surface area contributed by atoms with Crippen LogP contribution in [0.15, 0.2) is 46.9 Å². The lowest BCUT2D eigenvalue weighted by Gasteiger charge is -2.35. The van der Waals surface area contributed by atoms with Crippen LogP contribution in [0.25, 0.3) is 0 Å². The van der Waals surface area contributed by atoms with Crippen LogP contribution in [0.1, 0.15) is 6.92 Å². The summed E-state index contributed by atoms with van der Waals surface area (Å²) in [7, 11) is 1.53. The summed E-state index contributed by atoms with van der Waals surface area (Å²) < 4.78 is 12.2. The molecule has 6 nitrogen and oxygen atoms in total. The highest BCUT2D eigenvalue weighted by molar-refractivity contribution is 9.10. The second kappa shape index (κ2) is 8.19. The van der Waals surface area contributed by atoms with Gasteiger partial charge in [-0.25, -0.2) is 0 Å². The quantitative estimate of drug-likeness (QED) is 0.770. The van der Waals surface area contributed by atoms with E-state index in [9.17, 15) is 9.59 Å². The van der Waals surface area contributed by atoms with E-state index in [1.165, 1.54) is 11.9 Å². The first-order valence-corrected chi connectivity index (χ1v) is 9.48. The molecule has 2 amide bonds. The second-order valence-electron chi connectivity index (χ2n) is 5.97. The first-order valence-electron chi connectivity index (χ1n) is 8.31. The van der Waals surface area contributed by atoms with Crippen LogP contribution >= 0.6 is 27.5 Å². The number of rotatable bonds is 4. The van der Waals surface area contributed by atoms with Crippen LogP contribution in [0, 0.1) is 0 Å². The van der Waals surface area contributed by atoms with Gasteiger partial charge in [0.25, 0.3) is 11.8 Å². The van der Waals surface area contributed by atoms with Gasteiger partial charge in [-0.05, 0) is 53.2 Å². The fraction of sp³-hybridized carbons (Fsp3) is 0.263. The molecule has 2 unspecified atom stereocenters. The molecule has 1 aliphatic rings. The number of para-hydroxylation sites is 2. The summed E-state index contributed by atoms with van der Waals surface area (Å²) >= 11 is 9.32. The third-order valence-corrected chi connectivity index (χ3v) is 4.98. The molecule has 142 valence electrons. The zero-order valence-electron chi connectivity index (χ0n) is 14.7. The van der Waals surface area contributed by atoms with Crippen molar-refractivity contribution >= 4 is 45.0 Å². The summed E-state index contributed by atoms with van der Waals surface area (Å²) in [5.74, 6) is 0.410. The molecule has 1 heterocycles. The summed E-state index contributed by atoms with van der Waals surface area (Å²) in [5, 5.41) is 3.11. The number of carbonyl (C=O) groups excluding carboxylic acids is 2. The maximum Gasteiger partial charge on any atom is 0.268 e. The van der Waals surface area contributed by atoms with Gasteiger partial charge in [-0.3, -0.25) is 9.59 Å². The van der Waals surface area contributed by atoms with E-state index in [1.807, 2.05) is 6.07 Å². The maximum atomic E-state index is 13.1. The molecule has 27 heavy (non-hydrogen) atoms. The molecule has 1 N–H and O–H groups in total. The summed E-state index contributed by atoms with van der Waals surface area (Å²) in [5.41, 5.74) is 0.605. The minimum absolute atomic E-state index is 0.102. The number of carbonyl (C=O) groups is 2. The van der Waals surface area contributed by atoms with Crippen LogP contribution in [0.5, 0.6) is 11.5 Å². The van der Waals surface area contributed by atoms with Gasteiger partial charge in [-0.15, -0.1) is 0 Å². The van der Waals surface area contributed by atoms with Crippen molar-refractivity contribution in [1.29, 1.82) is 0 Å². The molecule has 0 aliphatic carbocycles. The van der Waals surface area contributed by atoms with Crippen molar-refractivity contribution in [3.8, 4) is 11.5 Å². The molecular weight excluding hydrogens is 436 g/mol. The number of likely N-dealkylation sites (N-methyl/N-ethyl adjacent to an activating group) is 1. The van der Waals surface area contributed by atoms with E-state index in [2.05, 4.69) is 21.2 Å². The van der Waals surface area contributed by atoms with Crippen molar-refractivity contribution < 1.29 is 19.1 Å². The van der Waals surface area contributed by atoms with E-state index in [-0.39, 0.29) is 18.4 Å². The van der Waals surface area contributed by atoms with Crippen molar-refractivity contribution in [3.63, 3.8) is 0 Å². The molecule has 8 heteroatoms. The topological polar surface area (TPSA) is 67.9 Å². The predicted octanol–water partition coefficient (Wildman–Crippen LogP) is 3.41. The number of nitrogens with zero attached hydrogens (tertiary/aromatic N) is 1. The number of anilines is 1. The lowest BCUT2D eigenvalue weighted by Crippen LogP contribution is -2.52. The van der Waals surface area contributed by atoms with Crippen LogP contribution in [0.3, 0.4) is 0 Å². The van der Waals surface area contributed by atoms with Gasteiger partial charge >= 0.3 is 0 Å². The first kappa shape index (κ1) is 19.5. The van der Waals surface area contributed by atoms with Crippen LogP contribution in [-0.2, 0) is 9.59 Å². The summed E-state index contributed by atoms with van der Waals surface area (Å²) in [6.45, 7) is 1.77. The third-order valence-electron chi connectivity index (χ3n) is 4.12. The molecule has 2 aromatic carbocycles. The molecular formula is C19H18BrClN2O4. The van der Waals surface area contributed by atoms with Crippen molar-refractivity contribution in [2.75, 3.05) is 18.5 Å². The van der Waals surface area contributed by atoms with Gasteiger partial charge in [0, 0.05) is 12.1 Å². The van der Waals surface area contributed by atoms with Crippen molar-refractivity contribution in [1.82, 2.24) is 5.32 Å². The number of ether oxygens (including phenoxy) is 2. The lowest BCUT2D eigenvalue weighted by atomic mass is 10.1. The molecule has 3 rings (SSSR count). The molecule has 0 bridgehead atoms. The van der Waals surface area contributed by atoms with Crippen molar-refractivity contribution in [2.24, 2.45) is 0 Å². The molecule has 0 aromatic heterocycles. The SMILES string of the molecule is CNC(=O)C1CN(C(=O)C(C)Oc2ccc(Cl)cc2Br)c2ccccc2O1. The summed E-state index contributed by atoms with van der Waals surface area (Å²) in [6.07, 6.45) is -1.57. The number of benzene rings is 2. The Hall–Kier alpha value is -2.25. The maximum absolute atomic E-state index is 13.1. The Morgan fingerprint density at radius 3 is 2.78 bits per heavy atom. The fourth-order valence-electron chi connectivity index (χ4n) is 2.77. The largest absolute Gasteiger partial charge is 0.480 e. The Bertz CT molecular complexity index is 877. The zero-order chi connectivity index (χ0) is 19.6. The zero-order valence-corrected chi connectivity index (χ0v) is 17.1. The Morgan fingerprint density at radius 1 is 1.33 bits per heavy atom. The van der Waals surface area contributed by atoms with Gasteiger partial charge in [-0.1, -0.05) is 23.7 Å². The predicted molar refractivity (Wildman–Crippen MR) is 107 cm³/mol. The Labute approximate surface area is 170 Å². The van der Waals surface area contributed by atoms with Gasteiger partial charge in [0.2, 0.25) is 0 Å². The highest BCUT2D eigenvalue weighted by Gasteiger charge is 2.35. The van der Waals surface area contributed by atoms with Gasteiger partial charge in [0.05, 0.1) is 16.7 Å². The van der Waals surface area contributed by atoms with Crippen molar-refractivity contribution in [2.45, 2.75) is 19.1 Å². The molecule has 0 saturated carbocycles. The highest BCUT2D eigenvalue weighted by atomic mass is 79.9. The summed E-state index contributed by atoms with van der Waals surface area (Å²) in [4.78, 5) is 26.7. The molecule has 0 spiro atoms. The number of halogens is 2. The van der Waals surface area contributed by atoms with E-state index in [0.29, 0.717) is 26.7 Å². The van der Waals surface area contributed by atoms with Gasteiger partial charge in [-0.2, -0.15) is 0 Å². The fourth-order valence-corrected chi connectivity index (χ4v) is 3.55. The monoisotopic (exact) mass is 452 g/mol. The standard InChI is InChI=1S/C19H18BrClN2O4/c1-11(26-15-8-7-12(21)9-13(15)20)19(25)23-10-17(18(24)22-2)27-16-6-4-3-5-14(16)23/h3-9,11,17H,10H2,1-2H3,(H,22,24). The number of hydrogen-bond acceptors (Lipinski definition) is 4. The van der Waals surface area contributed by atoms with E-state index >= 15 is 0 Å². The Balaban J connectivity index is 1.84. The van der Waals surface area contributed by atoms with Gasteiger partial charge < -0.3 is 19.7 Å². The molecule has 2 aromatic rings. The average molecular weight is 454 g/mol. The number of fused-ring (bicyclic) bond motifs is 1. The van der Waals surface area contributed by atoms with E-state index in [1.54, 1.807) is 43.3 Å². The number of hydrogen-bond donors (Lipinski definition) is 1. The normalized spacial score (nSPS) is 16.7. The molecule has 1 aliphatic heterocycles. The number of amides is 2. The molecule has 0 saturated heterocycles. The number of nitrogens with one attached hydrogen (secondary N) is 1. The molecule has 2 atom stereocenters. The van der Waals surface area contributed by atoms with E-state index in [4.69, 9.17) is 21.1 Å². The Morgan fingerprint density at radius 2 is 2.07 bits per heavy atom. The first-order chi connectivity index (χ1) is 12.9. The van der Waals surface area contributed by atoms with Gasteiger partial charge in [0.15, 0.2) is 12.2 Å². The summed E-state index contributed by atoms with van der Waals surface area (Å²) in [6, 6.07) is 12.2. The Kier molecular flexibility index (Phi) is 5.92. The molecule has 0 fully saturated rings. The third kappa shape index (κ3) is 4.20. The lowest BCUT2D eigenvalue weighted by molar-refractivity contribution is -0.129. The smallest absolute Gasteiger partial charge is 0.268 e.